The normalized spacial score (nSPS) is 5.67. The first-order valence-corrected chi connectivity index (χ1v) is 1.75. The minimum atomic E-state index is 0.991. The van der Waals surface area contributed by atoms with Gasteiger partial charge in [-0.15, -0.1) is 0 Å². The van der Waals surface area contributed by atoms with Gasteiger partial charge in [-0.05, 0) is 19.4 Å². The Labute approximate surface area is 38.5 Å². The lowest BCUT2D eigenvalue weighted by molar-refractivity contribution is 1.41. The molecule has 0 nitrogen and oxygen atoms in total. The predicted molar refractivity (Wildman–Crippen MR) is 25.1 cm³/mol. The summed E-state index contributed by atoms with van der Waals surface area (Å²) < 4.78 is 0. The molecule has 0 fully saturated rings. The fourth-order valence-electron chi connectivity index (χ4n) is 0.125. The molecule has 0 aromatic heterocycles. The van der Waals surface area contributed by atoms with Gasteiger partial charge >= 0.3 is 0 Å². The fourth-order valence-corrected chi connectivity index (χ4v) is 0.125. The zero-order valence-corrected chi connectivity index (χ0v) is 4.00. The van der Waals surface area contributed by atoms with E-state index in [4.69, 9.17) is 6.58 Å². The van der Waals surface area contributed by atoms with Gasteiger partial charge in [-0.1, -0.05) is 11.5 Å². The fraction of sp³-hybridized carbons (Fsp3) is 0.333. The summed E-state index contributed by atoms with van der Waals surface area (Å²) in [5.41, 5.74) is 5.56. The quantitative estimate of drug-likeness (QED) is 0.386. The lowest BCUT2D eigenvalue weighted by Gasteiger charge is -1.66. The predicted octanol–water partition coefficient (Wildman–Crippen LogP) is 1.57. The Bertz CT molecular complexity index is 104. The van der Waals surface area contributed by atoms with E-state index in [1.54, 1.807) is 0 Å². The lowest BCUT2D eigenvalue weighted by atomic mass is 10.4. The smallest absolute Gasteiger partial charge is 0.0588 e. The monoisotopic (exact) mass is 78.0 g/mol. The summed E-state index contributed by atoms with van der Waals surface area (Å²) in [4.78, 5) is 0. The van der Waals surface area contributed by atoms with E-state index in [-0.39, 0.29) is 0 Å². The van der Waals surface area contributed by atoms with Crippen LogP contribution in [0, 0.1) is 6.58 Å². The van der Waals surface area contributed by atoms with E-state index in [0.717, 1.165) is 5.57 Å². The first-order chi connectivity index (χ1) is 2.77. The minimum absolute atomic E-state index is 0.991. The van der Waals surface area contributed by atoms with E-state index in [9.17, 15) is 0 Å². The molecule has 0 aliphatic carbocycles. The first kappa shape index (κ1) is 5.30. The van der Waals surface area contributed by atoms with E-state index < -0.39 is 0 Å². The molecular formula is C6H6. The van der Waals surface area contributed by atoms with Crippen molar-refractivity contribution in [3.63, 3.8) is 0 Å². The number of allylic oxidation sites excluding steroid dienone is 1. The highest BCUT2D eigenvalue weighted by atomic mass is 13.6. The Hall–Kier alpha value is -0.700. The van der Waals surface area contributed by atoms with Crippen molar-refractivity contribution in [2.24, 2.45) is 0 Å². The van der Waals surface area contributed by atoms with Crippen molar-refractivity contribution in [3.05, 3.63) is 23.6 Å². The lowest BCUT2D eigenvalue weighted by Crippen LogP contribution is -1.48. The molecule has 0 aromatic rings. The molecule has 0 saturated heterocycles. The van der Waals surface area contributed by atoms with Crippen LogP contribution in [-0.4, -0.2) is 0 Å². The average molecular weight is 78.1 g/mol. The van der Waals surface area contributed by atoms with Crippen molar-refractivity contribution in [1.29, 1.82) is 0 Å². The number of rotatable bonds is 0. The molecule has 0 aromatic carbocycles. The van der Waals surface area contributed by atoms with Gasteiger partial charge in [0.15, 0.2) is 0 Å². The third kappa shape index (κ3) is 3.30. The summed E-state index contributed by atoms with van der Waals surface area (Å²) in [6, 6.07) is 0. The van der Waals surface area contributed by atoms with Crippen LogP contribution in [0.2, 0.25) is 0 Å². The zero-order valence-electron chi connectivity index (χ0n) is 4.00. The molecule has 0 atom stereocenters. The molecular weight excluding hydrogens is 72.1 g/mol. The zero-order chi connectivity index (χ0) is 4.99. The molecule has 0 rings (SSSR count). The molecule has 2 radical (unpaired) electrons. The Kier molecular flexibility index (Phi) is 2.24. The molecule has 0 bridgehead atoms. The van der Waals surface area contributed by atoms with E-state index in [2.05, 4.69) is 5.73 Å². The van der Waals surface area contributed by atoms with Crippen molar-refractivity contribution in [3.8, 4) is 0 Å². The molecule has 0 unspecified atom stereocenters. The van der Waals surface area contributed by atoms with Crippen LogP contribution in [0.1, 0.15) is 13.8 Å². The van der Waals surface area contributed by atoms with Crippen molar-refractivity contribution in [2.45, 2.75) is 13.8 Å². The summed E-state index contributed by atoms with van der Waals surface area (Å²) in [5.74, 6) is 0. The van der Waals surface area contributed by atoms with Crippen molar-refractivity contribution in [2.75, 3.05) is 0 Å². The van der Waals surface area contributed by atoms with Gasteiger partial charge in [0.25, 0.3) is 0 Å². The van der Waals surface area contributed by atoms with Crippen LogP contribution in [-0.2, 0) is 0 Å². The molecule has 0 aliphatic heterocycles. The summed E-state index contributed by atoms with van der Waals surface area (Å²) in [5, 5.41) is 0. The molecule has 0 heterocycles. The van der Waals surface area contributed by atoms with Gasteiger partial charge in [-0.3, -0.25) is 0 Å². The second-order valence-electron chi connectivity index (χ2n) is 1.25. The highest BCUT2D eigenvalue weighted by Gasteiger charge is 1.59. The third-order valence-electron chi connectivity index (χ3n) is 0.312. The third-order valence-corrected chi connectivity index (χ3v) is 0.312. The van der Waals surface area contributed by atoms with Crippen LogP contribution in [0.5, 0.6) is 0 Å². The molecule has 30 valence electrons. The van der Waals surface area contributed by atoms with E-state index in [1.807, 2.05) is 19.6 Å². The largest absolute Gasteiger partial charge is 0.0710 e. The topological polar surface area (TPSA) is 0 Å². The minimum Gasteiger partial charge on any atom is -0.0710 e. The summed E-state index contributed by atoms with van der Waals surface area (Å²) >= 11 is 0. The molecule has 0 aliphatic rings. The number of hydrogen-bond acceptors (Lipinski definition) is 0. The maximum Gasteiger partial charge on any atom is 0.0588 e. The molecule has 0 heteroatoms. The maximum absolute atomic E-state index is 6.35. The molecule has 6 heavy (non-hydrogen) atoms. The van der Waals surface area contributed by atoms with Crippen LogP contribution in [0.25, 0.3) is 0 Å². The molecule has 0 amide bonds. The van der Waals surface area contributed by atoms with Gasteiger partial charge in [-0.25, -0.2) is 0 Å². The van der Waals surface area contributed by atoms with Gasteiger partial charge < -0.3 is 0 Å². The van der Waals surface area contributed by atoms with Crippen molar-refractivity contribution >= 4 is 0 Å². The van der Waals surface area contributed by atoms with E-state index in [1.165, 1.54) is 0 Å². The molecule has 0 N–H and O–H groups in total. The van der Waals surface area contributed by atoms with Crippen LogP contribution in [0.15, 0.2) is 17.0 Å². The first-order valence-electron chi connectivity index (χ1n) is 1.75. The Morgan fingerprint density at radius 3 is 2.00 bits per heavy atom. The Morgan fingerprint density at radius 1 is 1.50 bits per heavy atom. The van der Waals surface area contributed by atoms with Crippen molar-refractivity contribution in [1.82, 2.24) is 0 Å². The summed E-state index contributed by atoms with van der Waals surface area (Å²) in [7, 11) is 0. The van der Waals surface area contributed by atoms with Gasteiger partial charge in [0.2, 0.25) is 0 Å². The van der Waals surface area contributed by atoms with Crippen LogP contribution in [0.3, 0.4) is 0 Å². The molecule has 0 spiro atoms. The Morgan fingerprint density at radius 2 is 2.00 bits per heavy atom. The Balaban J connectivity index is 4.13. The second-order valence-corrected chi connectivity index (χ2v) is 1.25. The van der Waals surface area contributed by atoms with Gasteiger partial charge in [0.05, 0.1) is 6.58 Å². The second kappa shape index (κ2) is 2.53. The highest BCUT2D eigenvalue weighted by Crippen LogP contribution is 1.78. The van der Waals surface area contributed by atoms with Crippen LogP contribution >= 0.6 is 0 Å². The van der Waals surface area contributed by atoms with Gasteiger partial charge in [0, 0.05) is 0 Å². The number of hydrogen-bond donors (Lipinski definition) is 0. The SMILES string of the molecule is [C]=C=C=C(C)C. The molecule has 0 saturated carbocycles. The standard InChI is InChI=1S/C6H6/c1-4-5-6(2)3/h2-3H3. The van der Waals surface area contributed by atoms with Gasteiger partial charge in [0.1, 0.15) is 0 Å². The van der Waals surface area contributed by atoms with Crippen molar-refractivity contribution < 1.29 is 0 Å². The summed E-state index contributed by atoms with van der Waals surface area (Å²) in [6.45, 7) is 10.1. The highest BCUT2D eigenvalue weighted by molar-refractivity contribution is 4.90. The van der Waals surface area contributed by atoms with E-state index in [0.29, 0.717) is 0 Å². The van der Waals surface area contributed by atoms with Crippen LogP contribution < -0.4 is 0 Å². The van der Waals surface area contributed by atoms with Crippen LogP contribution in [0.4, 0.5) is 0 Å². The average Bonchev–Trinajstić information content (AvgIpc) is 1.35. The summed E-state index contributed by atoms with van der Waals surface area (Å²) in [6.07, 6.45) is 0. The maximum atomic E-state index is 6.35. The van der Waals surface area contributed by atoms with Gasteiger partial charge in [-0.2, -0.15) is 0 Å². The van der Waals surface area contributed by atoms with E-state index >= 15 is 0 Å².